The van der Waals surface area contributed by atoms with E-state index in [4.69, 9.17) is 4.42 Å². The summed E-state index contributed by atoms with van der Waals surface area (Å²) in [6.45, 7) is 4.03. The van der Waals surface area contributed by atoms with Crippen molar-refractivity contribution < 1.29 is 9.21 Å². The van der Waals surface area contributed by atoms with Gasteiger partial charge in [0, 0.05) is 10.5 Å². The van der Waals surface area contributed by atoms with Crippen molar-refractivity contribution in [3.63, 3.8) is 0 Å². The molecule has 1 saturated heterocycles. The van der Waals surface area contributed by atoms with E-state index in [0.717, 1.165) is 21.3 Å². The number of aryl methyl sites for hydroxylation is 2. The van der Waals surface area contributed by atoms with Crippen LogP contribution < -0.4 is 5.32 Å². The Morgan fingerprint density at radius 2 is 1.91 bits per heavy atom. The molecule has 1 aromatic heterocycles. The zero-order valence-corrected chi connectivity index (χ0v) is 16.3. The predicted octanol–water partition coefficient (Wildman–Crippen LogP) is 5.31. The molecule has 7 heteroatoms. The van der Waals surface area contributed by atoms with Crippen LogP contribution in [0.2, 0.25) is 0 Å². The van der Waals surface area contributed by atoms with Gasteiger partial charge in [0.1, 0.15) is 5.76 Å². The molecule has 2 aromatic rings. The summed E-state index contributed by atoms with van der Waals surface area (Å²) in [5, 5.41) is 3.34. The molecule has 1 aliphatic heterocycles. The van der Waals surface area contributed by atoms with Crippen LogP contribution in [-0.4, -0.2) is 11.1 Å². The number of aliphatic imine (C=N–C) groups is 1. The minimum absolute atomic E-state index is 0.174. The lowest BCUT2D eigenvalue weighted by Crippen LogP contribution is -2.19. The molecule has 0 spiro atoms. The van der Waals surface area contributed by atoms with Crippen molar-refractivity contribution in [1.29, 1.82) is 0 Å². The van der Waals surface area contributed by atoms with Crippen molar-refractivity contribution in [2.24, 2.45) is 4.99 Å². The van der Waals surface area contributed by atoms with Crippen LogP contribution in [0.4, 0.5) is 5.69 Å². The smallest absolute Gasteiger partial charge is 0.264 e. The van der Waals surface area contributed by atoms with E-state index in [0.29, 0.717) is 20.5 Å². The van der Waals surface area contributed by atoms with Crippen LogP contribution in [0.1, 0.15) is 16.9 Å². The molecule has 1 aliphatic rings. The predicted molar refractivity (Wildman–Crippen MR) is 101 cm³/mol. The maximum Gasteiger partial charge on any atom is 0.264 e. The first-order valence-corrected chi connectivity index (χ1v) is 9.14. The normalized spacial score (nSPS) is 18.0. The number of hydrogen-bond donors (Lipinski definition) is 1. The van der Waals surface area contributed by atoms with Crippen LogP contribution in [0, 0.1) is 13.8 Å². The summed E-state index contributed by atoms with van der Waals surface area (Å²) in [6, 6.07) is 7.53. The summed E-state index contributed by atoms with van der Waals surface area (Å²) in [4.78, 5) is 17.1. The average molecular weight is 456 g/mol. The summed E-state index contributed by atoms with van der Waals surface area (Å²) in [5.41, 5.74) is 3.03. The second-order valence-electron chi connectivity index (χ2n) is 5.02. The van der Waals surface area contributed by atoms with Crippen molar-refractivity contribution in [2.75, 3.05) is 0 Å². The fourth-order valence-corrected chi connectivity index (χ4v) is 3.49. The first-order chi connectivity index (χ1) is 10.9. The molecule has 0 aliphatic carbocycles. The summed E-state index contributed by atoms with van der Waals surface area (Å²) in [5.74, 6) is 0.443. The molecule has 2 heterocycles. The monoisotopic (exact) mass is 454 g/mol. The van der Waals surface area contributed by atoms with Crippen LogP contribution in [0.3, 0.4) is 0 Å². The number of halogens is 2. The summed E-state index contributed by atoms with van der Waals surface area (Å²) >= 11 is 8.08. The second kappa shape index (κ2) is 6.67. The summed E-state index contributed by atoms with van der Waals surface area (Å²) in [6.07, 6.45) is 1.70. The molecule has 3 rings (SSSR count). The molecule has 0 unspecified atom stereocenters. The van der Waals surface area contributed by atoms with Crippen LogP contribution in [0.5, 0.6) is 0 Å². The highest BCUT2D eigenvalue weighted by atomic mass is 79.9. The molecule has 1 fully saturated rings. The van der Waals surface area contributed by atoms with Crippen LogP contribution in [0.25, 0.3) is 6.08 Å². The highest BCUT2D eigenvalue weighted by molar-refractivity contribution is 9.10. The van der Waals surface area contributed by atoms with Crippen LogP contribution in [-0.2, 0) is 4.79 Å². The third-order valence-electron chi connectivity index (χ3n) is 3.17. The first-order valence-electron chi connectivity index (χ1n) is 6.74. The topological polar surface area (TPSA) is 54.6 Å². The molecule has 4 nitrogen and oxygen atoms in total. The molecule has 0 atom stereocenters. The van der Waals surface area contributed by atoms with Gasteiger partial charge < -0.3 is 9.73 Å². The van der Waals surface area contributed by atoms with Gasteiger partial charge in [0.15, 0.2) is 9.84 Å². The van der Waals surface area contributed by atoms with Crippen molar-refractivity contribution in [3.8, 4) is 0 Å². The van der Waals surface area contributed by atoms with Gasteiger partial charge in [-0.15, -0.1) is 0 Å². The Morgan fingerprint density at radius 3 is 2.52 bits per heavy atom. The van der Waals surface area contributed by atoms with E-state index in [1.807, 2.05) is 26.0 Å². The Kier molecular flexibility index (Phi) is 4.79. The summed E-state index contributed by atoms with van der Waals surface area (Å²) in [7, 11) is 0. The molecule has 118 valence electrons. The molecular formula is C16H12Br2N2O2S. The van der Waals surface area contributed by atoms with E-state index >= 15 is 0 Å². The molecule has 23 heavy (non-hydrogen) atoms. The van der Waals surface area contributed by atoms with Gasteiger partial charge in [0.05, 0.1) is 10.6 Å². The van der Waals surface area contributed by atoms with Gasteiger partial charge in [-0.2, -0.15) is 0 Å². The number of thioether (sulfide) groups is 1. The van der Waals surface area contributed by atoms with Gasteiger partial charge in [-0.3, -0.25) is 4.79 Å². The van der Waals surface area contributed by atoms with Crippen LogP contribution in [0.15, 0.2) is 47.7 Å². The van der Waals surface area contributed by atoms with E-state index in [1.54, 1.807) is 18.2 Å². The highest BCUT2D eigenvalue weighted by Gasteiger charge is 2.24. The number of benzene rings is 1. The third-order valence-corrected chi connectivity index (χ3v) is 5.76. The Morgan fingerprint density at radius 1 is 1.22 bits per heavy atom. The van der Waals surface area contributed by atoms with Crippen molar-refractivity contribution >= 4 is 66.5 Å². The lowest BCUT2D eigenvalue weighted by Gasteiger charge is -2.04. The molecule has 1 aromatic carbocycles. The number of furan rings is 1. The number of rotatable bonds is 2. The van der Waals surface area contributed by atoms with E-state index < -0.39 is 0 Å². The van der Waals surface area contributed by atoms with E-state index in [-0.39, 0.29) is 5.91 Å². The van der Waals surface area contributed by atoms with Gasteiger partial charge in [0.25, 0.3) is 5.91 Å². The second-order valence-corrected chi connectivity index (χ2v) is 7.62. The highest BCUT2D eigenvalue weighted by Crippen LogP contribution is 2.31. The lowest BCUT2D eigenvalue weighted by molar-refractivity contribution is -0.115. The number of carbonyl (C=O) groups is 1. The third kappa shape index (κ3) is 3.79. The maximum atomic E-state index is 12.0. The zero-order valence-electron chi connectivity index (χ0n) is 12.3. The minimum atomic E-state index is -0.174. The Bertz CT molecular complexity index is 833. The SMILES string of the molecule is Cc1cc(N=C2NC(=O)/C(=C/c3ccc(Br)o3)S2)cc(C)c1Br. The van der Waals surface area contributed by atoms with E-state index in [2.05, 4.69) is 42.2 Å². The minimum Gasteiger partial charge on any atom is -0.450 e. The fraction of sp³-hybridized carbons (Fsp3) is 0.125. The van der Waals surface area contributed by atoms with Crippen molar-refractivity contribution in [3.05, 3.63) is 55.2 Å². The zero-order chi connectivity index (χ0) is 16.6. The Labute approximate surface area is 154 Å². The van der Waals surface area contributed by atoms with Gasteiger partial charge in [-0.1, -0.05) is 15.9 Å². The Balaban J connectivity index is 1.86. The van der Waals surface area contributed by atoms with Gasteiger partial charge in [0.2, 0.25) is 0 Å². The quantitative estimate of drug-likeness (QED) is 0.624. The number of nitrogens with one attached hydrogen (secondary N) is 1. The van der Waals surface area contributed by atoms with Gasteiger partial charge >= 0.3 is 0 Å². The van der Waals surface area contributed by atoms with Gasteiger partial charge in [-0.25, -0.2) is 4.99 Å². The number of hydrogen-bond acceptors (Lipinski definition) is 4. The van der Waals surface area contributed by atoms with Crippen LogP contribution >= 0.6 is 43.6 Å². The number of amidine groups is 1. The Hall–Kier alpha value is -1.31. The molecule has 0 saturated carbocycles. The van der Waals surface area contributed by atoms with Crippen molar-refractivity contribution in [1.82, 2.24) is 5.32 Å². The molecular weight excluding hydrogens is 444 g/mol. The number of nitrogens with zero attached hydrogens (tertiary/aromatic N) is 1. The summed E-state index contributed by atoms with van der Waals surface area (Å²) < 4.78 is 7.10. The van der Waals surface area contributed by atoms with Gasteiger partial charge in [-0.05, 0) is 76.9 Å². The molecule has 1 N–H and O–H groups in total. The molecule has 0 radical (unpaired) electrons. The number of carbonyl (C=O) groups excluding carboxylic acids is 1. The average Bonchev–Trinajstić information content (AvgIpc) is 3.03. The van der Waals surface area contributed by atoms with E-state index in [1.165, 1.54) is 11.8 Å². The maximum absolute atomic E-state index is 12.0. The fourth-order valence-electron chi connectivity index (χ4n) is 2.12. The van der Waals surface area contributed by atoms with E-state index in [9.17, 15) is 4.79 Å². The standard InChI is InChI=1S/C16H12Br2N2O2S/c1-8-5-10(6-9(2)14(8)18)19-16-20-15(21)12(23-16)7-11-3-4-13(17)22-11/h3-7H,1-2H3,(H,19,20,21)/b12-7-. The molecule has 1 amide bonds. The largest absolute Gasteiger partial charge is 0.450 e. The lowest BCUT2D eigenvalue weighted by atomic mass is 10.1. The first kappa shape index (κ1) is 16.5. The van der Waals surface area contributed by atoms with Crippen molar-refractivity contribution in [2.45, 2.75) is 13.8 Å². The number of amides is 1. The molecule has 0 bridgehead atoms.